The summed E-state index contributed by atoms with van der Waals surface area (Å²) >= 11 is 0. The normalized spacial score (nSPS) is 21.5. The maximum Gasteiger partial charge on any atom is 0.401 e. The number of hydrogen-bond acceptors (Lipinski definition) is 2. The third-order valence-electron chi connectivity index (χ3n) is 3.34. The Hall–Kier alpha value is -1.07. The number of rotatable bonds is 5. The molecule has 1 saturated heterocycles. The summed E-state index contributed by atoms with van der Waals surface area (Å²) in [5.74, 6) is 0.339. The first-order valence-electron chi connectivity index (χ1n) is 6.47. The molecule has 0 aromatic heterocycles. The molecule has 0 unspecified atom stereocenters. The molecule has 1 N–H and O–H groups in total. The first-order valence-corrected chi connectivity index (χ1v) is 6.47. The average molecular weight is 273 g/mol. The van der Waals surface area contributed by atoms with Crippen LogP contribution in [0.4, 0.5) is 13.2 Å². The minimum atomic E-state index is -4.18. The van der Waals surface area contributed by atoms with Gasteiger partial charge in [-0.05, 0) is 24.3 Å². The van der Waals surface area contributed by atoms with Gasteiger partial charge in [0.25, 0.3) is 0 Å². The molecule has 2 rings (SSSR count). The zero-order valence-corrected chi connectivity index (χ0v) is 10.6. The number of alkyl halides is 3. The van der Waals surface area contributed by atoms with Gasteiger partial charge in [0, 0.05) is 19.3 Å². The largest absolute Gasteiger partial charge is 0.401 e. The lowest BCUT2D eigenvalue weighted by atomic mass is 9.94. The van der Waals surface area contributed by atoms with Gasteiger partial charge in [-0.3, -0.25) is 0 Å². The van der Waals surface area contributed by atoms with Crippen molar-refractivity contribution in [3.63, 3.8) is 0 Å². The lowest BCUT2D eigenvalue weighted by Crippen LogP contribution is -2.33. The predicted octanol–water partition coefficient (Wildman–Crippen LogP) is 3.31. The second kappa shape index (κ2) is 6.39. The molecule has 1 fully saturated rings. The van der Waals surface area contributed by atoms with Crippen LogP contribution in [0.1, 0.15) is 24.4 Å². The van der Waals surface area contributed by atoms with Gasteiger partial charge in [0.2, 0.25) is 0 Å². The van der Waals surface area contributed by atoms with E-state index in [4.69, 9.17) is 4.74 Å². The number of benzene rings is 1. The van der Waals surface area contributed by atoms with E-state index < -0.39 is 12.7 Å². The van der Waals surface area contributed by atoms with Gasteiger partial charge in [-0.25, -0.2) is 0 Å². The van der Waals surface area contributed by atoms with Crippen LogP contribution in [0.2, 0.25) is 0 Å². The number of ether oxygens (including phenoxy) is 1. The van der Waals surface area contributed by atoms with Crippen LogP contribution >= 0.6 is 0 Å². The molecule has 19 heavy (non-hydrogen) atoms. The summed E-state index contributed by atoms with van der Waals surface area (Å²) in [6.07, 6.45) is -2.57. The van der Waals surface area contributed by atoms with E-state index in [0.717, 1.165) is 12.0 Å². The molecule has 0 aliphatic carbocycles. The fourth-order valence-electron chi connectivity index (χ4n) is 2.36. The molecule has 0 saturated carbocycles. The van der Waals surface area contributed by atoms with Crippen molar-refractivity contribution in [2.45, 2.75) is 25.1 Å². The highest BCUT2D eigenvalue weighted by Gasteiger charge is 2.29. The summed E-state index contributed by atoms with van der Waals surface area (Å²) in [5.41, 5.74) is 0.902. The maximum atomic E-state index is 12.4. The van der Waals surface area contributed by atoms with Gasteiger partial charge in [0.1, 0.15) is 0 Å². The topological polar surface area (TPSA) is 21.3 Å². The lowest BCUT2D eigenvalue weighted by molar-refractivity contribution is -0.126. The minimum absolute atomic E-state index is 0.269. The van der Waals surface area contributed by atoms with Crippen LogP contribution < -0.4 is 5.32 Å². The molecule has 0 spiro atoms. The van der Waals surface area contributed by atoms with E-state index in [1.54, 1.807) is 0 Å². The van der Waals surface area contributed by atoms with E-state index in [0.29, 0.717) is 25.6 Å². The Morgan fingerprint density at radius 2 is 2.00 bits per heavy atom. The van der Waals surface area contributed by atoms with Crippen molar-refractivity contribution in [3.8, 4) is 0 Å². The first kappa shape index (κ1) is 14.3. The highest BCUT2D eigenvalue weighted by Crippen LogP contribution is 2.27. The van der Waals surface area contributed by atoms with E-state index in [9.17, 15) is 13.2 Å². The number of halogens is 3. The Labute approximate surface area is 111 Å². The van der Waals surface area contributed by atoms with Crippen molar-refractivity contribution >= 4 is 0 Å². The van der Waals surface area contributed by atoms with Gasteiger partial charge in [-0.2, -0.15) is 13.2 Å². The number of hydrogen-bond donors (Lipinski definition) is 1. The summed E-state index contributed by atoms with van der Waals surface area (Å²) in [4.78, 5) is 0. The molecule has 2 atom stereocenters. The first-order chi connectivity index (χ1) is 9.04. The van der Waals surface area contributed by atoms with Crippen molar-refractivity contribution in [3.05, 3.63) is 35.9 Å². The highest BCUT2D eigenvalue weighted by atomic mass is 19.4. The Morgan fingerprint density at radius 3 is 2.58 bits per heavy atom. The van der Waals surface area contributed by atoms with E-state index in [-0.39, 0.29) is 6.04 Å². The third kappa shape index (κ3) is 4.84. The second-order valence-electron chi connectivity index (χ2n) is 4.92. The smallest absolute Gasteiger partial charge is 0.381 e. The Morgan fingerprint density at radius 1 is 1.26 bits per heavy atom. The maximum absolute atomic E-state index is 12.4. The van der Waals surface area contributed by atoms with Crippen LogP contribution in [0.5, 0.6) is 0 Å². The fraction of sp³-hybridized carbons (Fsp3) is 0.571. The summed E-state index contributed by atoms with van der Waals surface area (Å²) < 4.78 is 42.4. The summed E-state index contributed by atoms with van der Waals surface area (Å²) in [6.45, 7) is 0.405. The van der Waals surface area contributed by atoms with Crippen molar-refractivity contribution < 1.29 is 17.9 Å². The predicted molar refractivity (Wildman–Crippen MR) is 66.8 cm³/mol. The van der Waals surface area contributed by atoms with Crippen LogP contribution in [-0.4, -0.2) is 25.9 Å². The van der Waals surface area contributed by atoms with Gasteiger partial charge in [-0.15, -0.1) is 0 Å². The van der Waals surface area contributed by atoms with Gasteiger partial charge in [0.05, 0.1) is 6.54 Å². The Bertz CT molecular complexity index is 374. The molecule has 1 aliphatic heterocycles. The molecule has 106 valence electrons. The van der Waals surface area contributed by atoms with Gasteiger partial charge < -0.3 is 10.1 Å². The van der Waals surface area contributed by atoms with Gasteiger partial charge in [0.15, 0.2) is 0 Å². The molecule has 1 aromatic rings. The molecule has 1 heterocycles. The molecule has 0 radical (unpaired) electrons. The number of nitrogens with one attached hydrogen (secondary N) is 1. The minimum Gasteiger partial charge on any atom is -0.381 e. The van der Waals surface area contributed by atoms with Crippen LogP contribution in [0.15, 0.2) is 30.3 Å². The van der Waals surface area contributed by atoms with Crippen LogP contribution in [-0.2, 0) is 4.74 Å². The van der Waals surface area contributed by atoms with E-state index in [1.165, 1.54) is 0 Å². The van der Waals surface area contributed by atoms with Gasteiger partial charge >= 0.3 is 6.18 Å². The molecule has 2 nitrogen and oxygen atoms in total. The quantitative estimate of drug-likeness (QED) is 0.888. The van der Waals surface area contributed by atoms with Crippen LogP contribution in [0.25, 0.3) is 0 Å². The zero-order valence-electron chi connectivity index (χ0n) is 10.6. The van der Waals surface area contributed by atoms with Crippen molar-refractivity contribution in [2.75, 3.05) is 19.8 Å². The Balaban J connectivity index is 2.00. The van der Waals surface area contributed by atoms with Crippen molar-refractivity contribution in [2.24, 2.45) is 5.92 Å². The standard InChI is InChI=1S/C14H18F3NO/c15-14(16,17)10-18-13(8-11-6-7-19-9-11)12-4-2-1-3-5-12/h1-5,11,13,18H,6-10H2/t11-,13+/m1/s1. The summed E-state index contributed by atoms with van der Waals surface area (Å²) in [7, 11) is 0. The average Bonchev–Trinajstić information content (AvgIpc) is 2.87. The molecule has 1 aliphatic rings. The fourth-order valence-corrected chi connectivity index (χ4v) is 2.36. The van der Waals surface area contributed by atoms with Gasteiger partial charge in [-0.1, -0.05) is 30.3 Å². The van der Waals surface area contributed by atoms with E-state index in [2.05, 4.69) is 5.32 Å². The third-order valence-corrected chi connectivity index (χ3v) is 3.34. The Kier molecular flexibility index (Phi) is 4.82. The molecular weight excluding hydrogens is 255 g/mol. The molecule has 5 heteroatoms. The second-order valence-corrected chi connectivity index (χ2v) is 4.92. The van der Waals surface area contributed by atoms with Crippen molar-refractivity contribution in [1.29, 1.82) is 0 Å². The van der Waals surface area contributed by atoms with Crippen molar-refractivity contribution in [1.82, 2.24) is 5.32 Å². The lowest BCUT2D eigenvalue weighted by Gasteiger charge is -2.22. The molecule has 0 bridgehead atoms. The summed E-state index contributed by atoms with van der Waals surface area (Å²) in [5, 5.41) is 2.62. The summed E-state index contributed by atoms with van der Waals surface area (Å²) in [6, 6.07) is 9.02. The highest BCUT2D eigenvalue weighted by molar-refractivity contribution is 5.19. The molecule has 1 aromatic carbocycles. The SMILES string of the molecule is FC(F)(F)CN[C@@H](C[C@H]1CCOC1)c1ccccc1. The zero-order chi connectivity index (χ0) is 13.7. The molecule has 0 amide bonds. The van der Waals surface area contributed by atoms with E-state index in [1.807, 2.05) is 30.3 Å². The van der Waals surface area contributed by atoms with Crippen LogP contribution in [0, 0.1) is 5.92 Å². The molecular formula is C14H18F3NO. The van der Waals surface area contributed by atoms with Crippen LogP contribution in [0.3, 0.4) is 0 Å². The van der Waals surface area contributed by atoms with E-state index >= 15 is 0 Å². The monoisotopic (exact) mass is 273 g/mol.